The highest BCUT2D eigenvalue weighted by Crippen LogP contribution is 2.51. The lowest BCUT2D eigenvalue weighted by atomic mass is 9.57. The summed E-state index contributed by atoms with van der Waals surface area (Å²) < 4.78 is 5.52. The highest BCUT2D eigenvalue weighted by molar-refractivity contribution is 5.37. The molecule has 0 radical (unpaired) electrons. The number of nitrogens with zero attached hydrogens (tertiary/aromatic N) is 1. The van der Waals surface area contributed by atoms with Crippen LogP contribution in [0.2, 0.25) is 0 Å². The zero-order valence-corrected chi connectivity index (χ0v) is 16.4. The Labute approximate surface area is 163 Å². The number of rotatable bonds is 6. The second-order valence-electron chi connectivity index (χ2n) is 8.13. The van der Waals surface area contributed by atoms with Gasteiger partial charge in [0.05, 0.1) is 7.11 Å². The minimum absolute atomic E-state index is 0.225. The van der Waals surface area contributed by atoms with Crippen LogP contribution in [0.25, 0.3) is 0 Å². The van der Waals surface area contributed by atoms with Crippen LogP contribution in [0.1, 0.15) is 36.8 Å². The van der Waals surface area contributed by atoms with Crippen molar-refractivity contribution < 1.29 is 4.74 Å². The molecule has 0 N–H and O–H groups in total. The first kappa shape index (κ1) is 18.3. The van der Waals surface area contributed by atoms with Gasteiger partial charge in [0.2, 0.25) is 0 Å². The fourth-order valence-electron chi connectivity index (χ4n) is 5.54. The molecule has 2 fully saturated rings. The monoisotopic (exact) mass is 361 g/mol. The van der Waals surface area contributed by atoms with Crippen molar-refractivity contribution in [2.75, 3.05) is 20.2 Å². The van der Waals surface area contributed by atoms with Crippen LogP contribution in [0.4, 0.5) is 0 Å². The van der Waals surface area contributed by atoms with Crippen LogP contribution in [0, 0.1) is 5.92 Å². The van der Waals surface area contributed by atoms with E-state index in [0.717, 1.165) is 18.7 Å². The molecule has 3 atom stereocenters. The zero-order valence-electron chi connectivity index (χ0n) is 16.4. The number of benzene rings is 2. The minimum Gasteiger partial charge on any atom is -0.497 e. The molecule has 2 aliphatic rings. The molecule has 1 heterocycles. The summed E-state index contributed by atoms with van der Waals surface area (Å²) in [5, 5.41) is 0. The average Bonchev–Trinajstić information content (AvgIpc) is 2.73. The van der Waals surface area contributed by atoms with Gasteiger partial charge < -0.3 is 4.74 Å². The number of likely N-dealkylation sites (tertiary alicyclic amines) is 1. The van der Waals surface area contributed by atoms with Gasteiger partial charge in [0.25, 0.3) is 0 Å². The van der Waals surface area contributed by atoms with E-state index in [4.69, 9.17) is 4.74 Å². The molecule has 1 saturated carbocycles. The van der Waals surface area contributed by atoms with Crippen LogP contribution >= 0.6 is 0 Å². The summed E-state index contributed by atoms with van der Waals surface area (Å²) in [6, 6.07) is 20.3. The maximum atomic E-state index is 5.52. The highest BCUT2D eigenvalue weighted by Gasteiger charge is 2.50. The van der Waals surface area contributed by atoms with E-state index < -0.39 is 0 Å². The summed E-state index contributed by atoms with van der Waals surface area (Å²) in [4.78, 5) is 2.73. The molecule has 2 nitrogen and oxygen atoms in total. The lowest BCUT2D eigenvalue weighted by molar-refractivity contribution is 0.0115. The van der Waals surface area contributed by atoms with Gasteiger partial charge in [0.1, 0.15) is 5.75 Å². The van der Waals surface area contributed by atoms with Crippen molar-refractivity contribution in [2.45, 2.75) is 43.6 Å². The van der Waals surface area contributed by atoms with Crippen LogP contribution < -0.4 is 4.74 Å². The summed E-state index contributed by atoms with van der Waals surface area (Å²) in [5.74, 6) is 1.49. The van der Waals surface area contributed by atoms with Crippen molar-refractivity contribution >= 4 is 0 Å². The van der Waals surface area contributed by atoms with Crippen LogP contribution in [0.3, 0.4) is 0 Å². The molecular weight excluding hydrogens is 330 g/mol. The second-order valence-corrected chi connectivity index (χ2v) is 8.13. The third kappa shape index (κ3) is 3.43. The van der Waals surface area contributed by atoms with Crippen molar-refractivity contribution in [1.29, 1.82) is 0 Å². The maximum absolute atomic E-state index is 5.52. The van der Waals surface area contributed by atoms with E-state index in [1.165, 1.54) is 43.4 Å². The van der Waals surface area contributed by atoms with Crippen molar-refractivity contribution in [3.63, 3.8) is 0 Å². The maximum Gasteiger partial charge on any atom is 0.119 e. The quantitative estimate of drug-likeness (QED) is 0.653. The largest absolute Gasteiger partial charge is 0.497 e. The van der Waals surface area contributed by atoms with Crippen LogP contribution in [-0.2, 0) is 11.8 Å². The van der Waals surface area contributed by atoms with Gasteiger partial charge in [-0.1, -0.05) is 55.0 Å². The van der Waals surface area contributed by atoms with Gasteiger partial charge in [0.15, 0.2) is 0 Å². The molecule has 0 unspecified atom stereocenters. The van der Waals surface area contributed by atoms with Crippen LogP contribution in [0.5, 0.6) is 5.75 Å². The fraction of sp³-hybridized carbons (Fsp3) is 0.440. The molecule has 2 aromatic rings. The Morgan fingerprint density at radius 2 is 2.00 bits per heavy atom. The third-order valence-electron chi connectivity index (χ3n) is 6.92. The van der Waals surface area contributed by atoms with Crippen molar-refractivity contribution in [3.05, 3.63) is 78.4 Å². The lowest BCUT2D eigenvalue weighted by Crippen LogP contribution is -2.58. The summed E-state index contributed by atoms with van der Waals surface area (Å²) in [5.41, 5.74) is 3.11. The molecule has 1 saturated heterocycles. The number of hydrogen-bond acceptors (Lipinski definition) is 2. The number of hydrogen-bond donors (Lipinski definition) is 0. The van der Waals surface area contributed by atoms with Gasteiger partial charge in [-0.3, -0.25) is 4.90 Å². The molecule has 2 aromatic carbocycles. The van der Waals surface area contributed by atoms with Crippen molar-refractivity contribution in [2.24, 2.45) is 5.92 Å². The predicted octanol–water partition coefficient (Wildman–Crippen LogP) is 5.24. The molecule has 142 valence electrons. The Balaban J connectivity index is 1.57. The van der Waals surface area contributed by atoms with Crippen molar-refractivity contribution in [1.82, 2.24) is 4.90 Å². The van der Waals surface area contributed by atoms with Gasteiger partial charge in [0, 0.05) is 23.9 Å². The molecular formula is C25H31NO. The smallest absolute Gasteiger partial charge is 0.119 e. The van der Waals surface area contributed by atoms with Gasteiger partial charge in [-0.05, 0) is 55.5 Å². The lowest BCUT2D eigenvalue weighted by Gasteiger charge is -2.56. The Hall–Kier alpha value is -2.06. The molecule has 1 aliphatic heterocycles. The Kier molecular flexibility index (Phi) is 5.36. The Morgan fingerprint density at radius 1 is 1.15 bits per heavy atom. The first-order valence-corrected chi connectivity index (χ1v) is 10.3. The van der Waals surface area contributed by atoms with E-state index in [1.807, 2.05) is 0 Å². The molecule has 0 amide bonds. The Morgan fingerprint density at radius 3 is 2.78 bits per heavy atom. The second kappa shape index (κ2) is 7.90. The van der Waals surface area contributed by atoms with Crippen molar-refractivity contribution in [3.8, 4) is 5.75 Å². The number of fused-ring (bicyclic) bond motifs is 2. The van der Waals surface area contributed by atoms with E-state index >= 15 is 0 Å². The normalized spacial score (nSPS) is 27.9. The molecule has 1 aliphatic carbocycles. The summed E-state index contributed by atoms with van der Waals surface area (Å²) in [7, 11) is 1.76. The molecule has 0 spiro atoms. The predicted molar refractivity (Wildman–Crippen MR) is 112 cm³/mol. The number of methoxy groups -OCH3 is 1. The Bertz CT molecular complexity index is 771. The van der Waals surface area contributed by atoms with E-state index in [0.29, 0.717) is 12.0 Å². The highest BCUT2D eigenvalue weighted by atomic mass is 16.5. The number of piperidine rings is 1. The van der Waals surface area contributed by atoms with E-state index in [1.54, 1.807) is 7.11 Å². The topological polar surface area (TPSA) is 12.5 Å². The molecule has 0 aromatic heterocycles. The summed E-state index contributed by atoms with van der Waals surface area (Å²) in [6.45, 7) is 6.60. The van der Waals surface area contributed by atoms with E-state index in [-0.39, 0.29) is 5.41 Å². The molecule has 27 heavy (non-hydrogen) atoms. The van der Waals surface area contributed by atoms with Crippen LogP contribution in [0.15, 0.2) is 67.3 Å². The van der Waals surface area contributed by atoms with Gasteiger partial charge in [-0.25, -0.2) is 0 Å². The van der Waals surface area contributed by atoms with E-state index in [9.17, 15) is 0 Å². The summed E-state index contributed by atoms with van der Waals surface area (Å²) >= 11 is 0. The third-order valence-corrected chi connectivity index (χ3v) is 6.92. The van der Waals surface area contributed by atoms with Gasteiger partial charge >= 0.3 is 0 Å². The first-order chi connectivity index (χ1) is 13.3. The van der Waals surface area contributed by atoms with Crippen LogP contribution in [-0.4, -0.2) is 31.1 Å². The fourth-order valence-corrected chi connectivity index (χ4v) is 5.54. The molecule has 2 heteroatoms. The standard InChI is InChI=1S/C25H31NO/c1-3-23-24-13-8-15-25(23,21-11-7-12-22(19-21)27-2)16-18-26(24)17-14-20-9-5-4-6-10-20/h3-7,9-12,19,23-24H,1,8,13-18H2,2H3/t23-,24-,25-/m1/s1. The zero-order chi connectivity index (χ0) is 18.7. The first-order valence-electron chi connectivity index (χ1n) is 10.3. The number of ether oxygens (including phenoxy) is 1. The van der Waals surface area contributed by atoms with E-state index in [2.05, 4.69) is 72.2 Å². The molecule has 2 bridgehead atoms. The minimum atomic E-state index is 0.225. The average molecular weight is 362 g/mol. The summed E-state index contributed by atoms with van der Waals surface area (Å²) in [6.07, 6.45) is 8.44. The van der Waals surface area contributed by atoms with Gasteiger partial charge in [-0.15, -0.1) is 6.58 Å². The van der Waals surface area contributed by atoms with Gasteiger partial charge in [-0.2, -0.15) is 0 Å². The SMILES string of the molecule is C=C[C@@H]1[C@H]2CCC[C@]1(c1cccc(OC)c1)CCN2CCc1ccccc1. The molecule has 4 rings (SSSR count).